The van der Waals surface area contributed by atoms with Gasteiger partial charge in [-0.3, -0.25) is 14.9 Å². The highest BCUT2D eigenvalue weighted by molar-refractivity contribution is 6.00. The largest absolute Gasteiger partial charge is 0.504 e. The van der Waals surface area contributed by atoms with E-state index in [4.69, 9.17) is 15.2 Å². The summed E-state index contributed by atoms with van der Waals surface area (Å²) >= 11 is 0. The highest BCUT2D eigenvalue weighted by atomic mass is 16.6. The van der Waals surface area contributed by atoms with Gasteiger partial charge in [0.2, 0.25) is 11.6 Å². The Kier molecular flexibility index (Phi) is 4.51. The van der Waals surface area contributed by atoms with Crippen molar-refractivity contribution < 1.29 is 24.3 Å². The van der Waals surface area contributed by atoms with E-state index in [1.807, 2.05) is 19.9 Å². The molecule has 0 spiro atoms. The summed E-state index contributed by atoms with van der Waals surface area (Å²) < 4.78 is 10.5. The second-order valence-corrected chi connectivity index (χ2v) is 7.55. The van der Waals surface area contributed by atoms with E-state index in [-0.39, 0.29) is 46.0 Å². The van der Waals surface area contributed by atoms with E-state index < -0.39 is 22.3 Å². The summed E-state index contributed by atoms with van der Waals surface area (Å²) in [6, 6.07) is 4.35. The second kappa shape index (κ2) is 6.56. The molecule has 9 heteroatoms. The number of hydrogen-bond donors (Lipinski definition) is 2. The molecule has 146 valence electrons. The number of Topliss-reactive ketones (excluding diaryl/α,β-unsaturated/α-hetero) is 1. The number of carbonyl (C=O) groups is 1. The molecule has 0 saturated carbocycles. The van der Waals surface area contributed by atoms with Gasteiger partial charge < -0.3 is 20.3 Å². The molecule has 1 aliphatic heterocycles. The molecular weight excluding hydrogens is 366 g/mol. The van der Waals surface area contributed by atoms with E-state index in [0.29, 0.717) is 12.2 Å². The summed E-state index contributed by atoms with van der Waals surface area (Å²) in [6.45, 7) is 3.83. The first-order valence-corrected chi connectivity index (χ1v) is 8.48. The van der Waals surface area contributed by atoms with E-state index in [1.54, 1.807) is 0 Å². The highest BCUT2D eigenvalue weighted by Gasteiger charge is 2.43. The van der Waals surface area contributed by atoms with Crippen LogP contribution in [0, 0.1) is 26.9 Å². The molecule has 0 amide bonds. The predicted molar refractivity (Wildman–Crippen MR) is 97.0 cm³/mol. The Morgan fingerprint density at radius 1 is 1.43 bits per heavy atom. The van der Waals surface area contributed by atoms with Crippen LogP contribution < -0.4 is 10.5 Å². The van der Waals surface area contributed by atoms with Crippen molar-refractivity contribution in [3.05, 3.63) is 50.6 Å². The Morgan fingerprint density at radius 2 is 2.11 bits per heavy atom. The third kappa shape index (κ3) is 3.03. The number of rotatable bonds is 3. The zero-order chi connectivity index (χ0) is 20.8. The maximum atomic E-state index is 12.9. The molecule has 1 aromatic carbocycles. The number of phenols is 1. The monoisotopic (exact) mass is 385 g/mol. The van der Waals surface area contributed by atoms with E-state index in [1.165, 1.54) is 19.2 Å². The van der Waals surface area contributed by atoms with Crippen LogP contribution in [0.5, 0.6) is 11.5 Å². The number of aromatic hydroxyl groups is 1. The van der Waals surface area contributed by atoms with Crippen LogP contribution in [0.3, 0.4) is 0 Å². The molecule has 1 heterocycles. The third-order valence-electron chi connectivity index (χ3n) is 4.88. The van der Waals surface area contributed by atoms with Crippen molar-refractivity contribution >= 4 is 11.5 Å². The average molecular weight is 385 g/mol. The number of nitriles is 1. The van der Waals surface area contributed by atoms with Gasteiger partial charge >= 0.3 is 5.69 Å². The standard InChI is InChI=1S/C19H19N3O6/c1-19(2)6-13(24)16-14(7-19)28-18(21)10(8-20)15(16)9-4-11(22(25)26)17(27-3)12(23)5-9/h4-5,15,23H,6-7,21H2,1-3H3/t15-/m1/s1. The molecule has 1 aliphatic carbocycles. The smallest absolute Gasteiger partial charge is 0.315 e. The van der Waals surface area contributed by atoms with Crippen LogP contribution in [-0.4, -0.2) is 22.9 Å². The number of benzene rings is 1. The molecule has 0 saturated heterocycles. The first-order chi connectivity index (χ1) is 13.1. The van der Waals surface area contributed by atoms with Crippen LogP contribution >= 0.6 is 0 Å². The fraction of sp³-hybridized carbons (Fsp3) is 0.368. The number of ether oxygens (including phenoxy) is 2. The van der Waals surface area contributed by atoms with E-state index in [9.17, 15) is 25.3 Å². The zero-order valence-electron chi connectivity index (χ0n) is 15.6. The summed E-state index contributed by atoms with van der Waals surface area (Å²) in [7, 11) is 1.20. The van der Waals surface area contributed by atoms with Crippen LogP contribution in [0.1, 0.15) is 38.2 Å². The summed E-state index contributed by atoms with van der Waals surface area (Å²) in [5.74, 6) is -1.78. The summed E-state index contributed by atoms with van der Waals surface area (Å²) in [6.07, 6.45) is 0.656. The molecule has 0 fully saturated rings. The molecule has 28 heavy (non-hydrogen) atoms. The van der Waals surface area contributed by atoms with Gasteiger partial charge in [-0.1, -0.05) is 13.8 Å². The van der Waals surface area contributed by atoms with Gasteiger partial charge in [0.05, 0.1) is 18.0 Å². The maximum Gasteiger partial charge on any atom is 0.315 e. The Labute approximate surface area is 160 Å². The molecule has 3 N–H and O–H groups in total. The quantitative estimate of drug-likeness (QED) is 0.596. The van der Waals surface area contributed by atoms with Crippen molar-refractivity contribution in [1.29, 1.82) is 5.26 Å². The minimum absolute atomic E-state index is 0.0364. The van der Waals surface area contributed by atoms with Crippen molar-refractivity contribution in [1.82, 2.24) is 0 Å². The van der Waals surface area contributed by atoms with Crippen molar-refractivity contribution in [2.24, 2.45) is 11.1 Å². The van der Waals surface area contributed by atoms with Crippen molar-refractivity contribution in [3.8, 4) is 17.6 Å². The number of phenolic OH excluding ortho intramolecular Hbond substituents is 1. The Morgan fingerprint density at radius 3 is 2.68 bits per heavy atom. The van der Waals surface area contributed by atoms with Crippen LogP contribution in [0.15, 0.2) is 34.9 Å². The average Bonchev–Trinajstić information content (AvgIpc) is 2.58. The molecule has 1 atom stereocenters. The lowest BCUT2D eigenvalue weighted by Gasteiger charge is -2.37. The molecule has 0 unspecified atom stereocenters. The lowest BCUT2D eigenvalue weighted by Crippen LogP contribution is -2.33. The molecule has 1 aromatic rings. The minimum Gasteiger partial charge on any atom is -0.504 e. The van der Waals surface area contributed by atoms with Gasteiger partial charge in [-0.05, 0) is 17.0 Å². The number of methoxy groups -OCH3 is 1. The zero-order valence-corrected chi connectivity index (χ0v) is 15.6. The van der Waals surface area contributed by atoms with E-state index in [0.717, 1.165) is 0 Å². The lowest BCUT2D eigenvalue weighted by atomic mass is 9.70. The minimum atomic E-state index is -0.965. The number of nitrogens with zero attached hydrogens (tertiary/aromatic N) is 2. The van der Waals surface area contributed by atoms with Gasteiger partial charge in [0, 0.05) is 24.5 Å². The Bertz CT molecular complexity index is 1000. The highest BCUT2D eigenvalue weighted by Crippen LogP contribution is 2.50. The van der Waals surface area contributed by atoms with Crippen LogP contribution in [0.25, 0.3) is 0 Å². The molecule has 0 aromatic heterocycles. The van der Waals surface area contributed by atoms with Gasteiger partial charge in [-0.25, -0.2) is 0 Å². The number of ketones is 1. The molecular formula is C19H19N3O6. The number of hydrogen-bond acceptors (Lipinski definition) is 8. The van der Waals surface area contributed by atoms with Crippen LogP contribution in [0.2, 0.25) is 0 Å². The fourth-order valence-corrected chi connectivity index (χ4v) is 3.75. The summed E-state index contributed by atoms with van der Waals surface area (Å²) in [5, 5.41) is 31.3. The van der Waals surface area contributed by atoms with Crippen LogP contribution in [-0.2, 0) is 9.53 Å². The molecule has 0 bridgehead atoms. The SMILES string of the molecule is COc1c(O)cc([C@@H]2C(C#N)=C(N)OC3=C2C(=O)CC(C)(C)C3)cc1[N+](=O)[O-]. The maximum absolute atomic E-state index is 12.9. The third-order valence-corrected chi connectivity index (χ3v) is 4.88. The molecule has 9 nitrogen and oxygen atoms in total. The van der Waals surface area contributed by atoms with Gasteiger partial charge in [-0.15, -0.1) is 0 Å². The van der Waals surface area contributed by atoms with Gasteiger partial charge in [0.15, 0.2) is 11.5 Å². The first kappa shape index (κ1) is 19.2. The first-order valence-electron chi connectivity index (χ1n) is 8.48. The lowest BCUT2D eigenvalue weighted by molar-refractivity contribution is -0.385. The topological polar surface area (TPSA) is 149 Å². The second-order valence-electron chi connectivity index (χ2n) is 7.55. The number of nitro groups is 1. The molecule has 0 radical (unpaired) electrons. The van der Waals surface area contributed by atoms with Crippen LogP contribution in [0.4, 0.5) is 5.69 Å². The van der Waals surface area contributed by atoms with Gasteiger partial charge in [0.1, 0.15) is 17.4 Å². The molecule has 2 aliphatic rings. The number of nitrogens with two attached hydrogens (primary N) is 1. The summed E-state index contributed by atoms with van der Waals surface area (Å²) in [5.41, 5.74) is 5.48. The van der Waals surface area contributed by atoms with Gasteiger partial charge in [-0.2, -0.15) is 5.26 Å². The normalized spacial score (nSPS) is 20.9. The number of allylic oxidation sites excluding steroid dienone is 3. The molecule has 3 rings (SSSR count). The van der Waals surface area contributed by atoms with E-state index in [2.05, 4.69) is 0 Å². The van der Waals surface area contributed by atoms with Crippen molar-refractivity contribution in [2.75, 3.05) is 7.11 Å². The number of carbonyl (C=O) groups excluding carboxylic acids is 1. The summed E-state index contributed by atoms with van der Waals surface area (Å²) in [4.78, 5) is 23.6. The number of nitro benzene ring substituents is 1. The fourth-order valence-electron chi connectivity index (χ4n) is 3.75. The predicted octanol–water partition coefficient (Wildman–Crippen LogP) is 2.76. The van der Waals surface area contributed by atoms with Crippen molar-refractivity contribution in [2.45, 2.75) is 32.6 Å². The van der Waals surface area contributed by atoms with Gasteiger partial charge in [0.25, 0.3) is 0 Å². The van der Waals surface area contributed by atoms with E-state index >= 15 is 0 Å². The Hall–Kier alpha value is -3.54. The van der Waals surface area contributed by atoms with Crippen molar-refractivity contribution in [3.63, 3.8) is 0 Å². The Balaban J connectivity index is 2.27.